The number of likely N-dealkylation sites (tertiary alicyclic amines) is 1. The summed E-state index contributed by atoms with van der Waals surface area (Å²) in [5.41, 5.74) is 2.65. The molecule has 1 aliphatic heterocycles. The smallest absolute Gasteiger partial charge is 0.243 e. The maximum absolute atomic E-state index is 13.8. The molecule has 0 saturated carbocycles. The maximum atomic E-state index is 13.8. The lowest BCUT2D eigenvalue weighted by molar-refractivity contribution is -0.139. The second-order valence-corrected chi connectivity index (χ2v) is 8.84. The van der Waals surface area contributed by atoms with Gasteiger partial charge in [-0.2, -0.15) is 0 Å². The number of benzene rings is 4. The third kappa shape index (κ3) is 4.71. The third-order valence-electron chi connectivity index (χ3n) is 6.58. The van der Waals surface area contributed by atoms with Crippen LogP contribution in [0.25, 0.3) is 10.8 Å². The fourth-order valence-electron chi connectivity index (χ4n) is 4.84. The van der Waals surface area contributed by atoms with Crippen LogP contribution in [0.3, 0.4) is 0 Å². The van der Waals surface area contributed by atoms with Crippen molar-refractivity contribution in [2.75, 3.05) is 6.54 Å². The van der Waals surface area contributed by atoms with Crippen molar-refractivity contribution < 1.29 is 14.4 Å². The quantitative estimate of drug-likeness (QED) is 0.460. The van der Waals surface area contributed by atoms with Gasteiger partial charge < -0.3 is 10.2 Å². The molecule has 1 saturated heterocycles. The summed E-state index contributed by atoms with van der Waals surface area (Å²) in [5.74, 6) is -1.24. The van der Waals surface area contributed by atoms with E-state index >= 15 is 0 Å². The topological polar surface area (TPSA) is 66.5 Å². The van der Waals surface area contributed by atoms with Crippen LogP contribution in [0.5, 0.6) is 0 Å². The summed E-state index contributed by atoms with van der Waals surface area (Å²) >= 11 is 0. The molecule has 4 aromatic carbocycles. The van der Waals surface area contributed by atoms with Crippen LogP contribution in [0.1, 0.15) is 29.0 Å². The van der Waals surface area contributed by atoms with Crippen molar-refractivity contribution in [1.82, 2.24) is 10.2 Å². The zero-order valence-electron chi connectivity index (χ0n) is 19.3. The molecule has 5 rings (SSSR count). The molecule has 2 amide bonds. The summed E-state index contributed by atoms with van der Waals surface area (Å²) < 4.78 is 0. The molecule has 0 spiro atoms. The molecule has 5 heteroatoms. The first-order valence-corrected chi connectivity index (χ1v) is 11.8. The Bertz CT molecular complexity index is 1320. The molecule has 1 heterocycles. The van der Waals surface area contributed by atoms with E-state index < -0.39 is 12.0 Å². The number of nitrogens with zero attached hydrogens (tertiary/aromatic N) is 1. The predicted molar refractivity (Wildman–Crippen MR) is 136 cm³/mol. The number of carbonyl (C=O) groups excluding carboxylic acids is 3. The lowest BCUT2D eigenvalue weighted by Crippen LogP contribution is -2.47. The predicted octanol–water partition coefficient (Wildman–Crippen LogP) is 4.46. The molecule has 1 aliphatic rings. The molecule has 1 N–H and O–H groups in total. The highest BCUT2D eigenvalue weighted by molar-refractivity contribution is 6.01. The number of rotatable bonds is 6. The van der Waals surface area contributed by atoms with Crippen molar-refractivity contribution in [3.63, 3.8) is 0 Å². The number of hydrogen-bond acceptors (Lipinski definition) is 3. The van der Waals surface area contributed by atoms with E-state index in [1.807, 2.05) is 103 Å². The molecule has 0 bridgehead atoms. The molecule has 1 unspecified atom stereocenters. The Morgan fingerprint density at radius 1 is 0.800 bits per heavy atom. The van der Waals surface area contributed by atoms with Gasteiger partial charge in [0.1, 0.15) is 6.04 Å². The van der Waals surface area contributed by atoms with E-state index in [-0.39, 0.29) is 30.6 Å². The van der Waals surface area contributed by atoms with Crippen molar-refractivity contribution in [3.05, 3.63) is 120 Å². The maximum Gasteiger partial charge on any atom is 0.243 e. The Labute approximate surface area is 204 Å². The number of Topliss-reactive ketones (excluding diaryl/α,β-unsaturated/α-hetero) is 1. The Morgan fingerprint density at radius 3 is 2.09 bits per heavy atom. The lowest BCUT2D eigenvalue weighted by atomic mass is 9.90. The van der Waals surface area contributed by atoms with Crippen LogP contribution in [-0.4, -0.2) is 35.1 Å². The highest BCUT2D eigenvalue weighted by Crippen LogP contribution is 2.30. The minimum atomic E-state index is -0.820. The molecule has 174 valence electrons. The van der Waals surface area contributed by atoms with Crippen LogP contribution in [0.2, 0.25) is 0 Å². The highest BCUT2D eigenvalue weighted by atomic mass is 16.2. The van der Waals surface area contributed by atoms with Gasteiger partial charge in [0, 0.05) is 13.0 Å². The molecule has 1 fully saturated rings. The van der Waals surface area contributed by atoms with Crippen LogP contribution in [-0.2, 0) is 20.9 Å². The SMILES string of the molecule is O=C1CC(C(=O)NCc2cccc3ccccc23)N(C(=O)C(c2ccccc2)c2ccccc2)C1. The van der Waals surface area contributed by atoms with Gasteiger partial charge in [-0.05, 0) is 27.5 Å². The second-order valence-electron chi connectivity index (χ2n) is 8.84. The minimum Gasteiger partial charge on any atom is -0.350 e. The lowest BCUT2D eigenvalue weighted by Gasteiger charge is -2.28. The zero-order valence-corrected chi connectivity index (χ0v) is 19.3. The molecule has 4 aromatic rings. The van der Waals surface area contributed by atoms with E-state index in [1.54, 1.807) is 0 Å². The van der Waals surface area contributed by atoms with Gasteiger partial charge in [0.25, 0.3) is 0 Å². The molecule has 35 heavy (non-hydrogen) atoms. The van der Waals surface area contributed by atoms with Crippen molar-refractivity contribution >= 4 is 28.4 Å². The van der Waals surface area contributed by atoms with Gasteiger partial charge in [0.05, 0.1) is 12.5 Å². The number of amides is 2. The summed E-state index contributed by atoms with van der Waals surface area (Å²) in [4.78, 5) is 41.0. The number of ketones is 1. The highest BCUT2D eigenvalue weighted by Gasteiger charge is 2.41. The summed E-state index contributed by atoms with van der Waals surface area (Å²) in [5, 5.41) is 5.14. The number of fused-ring (bicyclic) bond motifs is 1. The molecule has 1 atom stereocenters. The Morgan fingerprint density at radius 2 is 1.40 bits per heavy atom. The Hall–Kier alpha value is -4.25. The molecule has 0 aliphatic carbocycles. The van der Waals surface area contributed by atoms with Gasteiger partial charge in [0.2, 0.25) is 11.8 Å². The first-order chi connectivity index (χ1) is 17.1. The van der Waals surface area contributed by atoms with Crippen molar-refractivity contribution in [1.29, 1.82) is 0 Å². The van der Waals surface area contributed by atoms with Crippen molar-refractivity contribution in [2.45, 2.75) is 24.9 Å². The van der Waals surface area contributed by atoms with Gasteiger partial charge >= 0.3 is 0 Å². The van der Waals surface area contributed by atoms with Crippen molar-refractivity contribution in [3.8, 4) is 0 Å². The summed E-state index contributed by atoms with van der Waals surface area (Å²) in [6.07, 6.45) is 0.0312. The van der Waals surface area contributed by atoms with Crippen molar-refractivity contribution in [2.24, 2.45) is 0 Å². The molecule has 0 aromatic heterocycles. The first-order valence-electron chi connectivity index (χ1n) is 11.8. The van der Waals surface area contributed by atoms with Crippen LogP contribution in [0.4, 0.5) is 0 Å². The average molecular weight is 463 g/mol. The number of nitrogens with one attached hydrogen (secondary N) is 1. The summed E-state index contributed by atoms with van der Waals surface area (Å²) in [6.45, 7) is 0.273. The monoisotopic (exact) mass is 462 g/mol. The number of carbonyl (C=O) groups is 3. The van der Waals surface area contributed by atoms with E-state index in [0.717, 1.165) is 27.5 Å². The van der Waals surface area contributed by atoms with E-state index in [1.165, 1.54) is 4.90 Å². The first kappa shape index (κ1) is 22.5. The van der Waals surface area contributed by atoms with Crippen LogP contribution >= 0.6 is 0 Å². The summed E-state index contributed by atoms with van der Waals surface area (Å²) in [7, 11) is 0. The van der Waals surface area contributed by atoms with Crippen LogP contribution in [0, 0.1) is 0 Å². The van der Waals surface area contributed by atoms with Gasteiger partial charge in [-0.3, -0.25) is 14.4 Å². The Balaban J connectivity index is 1.39. The normalized spacial score (nSPS) is 15.5. The molecule has 5 nitrogen and oxygen atoms in total. The van der Waals surface area contributed by atoms with E-state index in [4.69, 9.17) is 0 Å². The van der Waals surface area contributed by atoms with E-state index in [2.05, 4.69) is 5.32 Å². The van der Waals surface area contributed by atoms with Gasteiger partial charge in [-0.15, -0.1) is 0 Å². The van der Waals surface area contributed by atoms with Gasteiger partial charge in [0.15, 0.2) is 5.78 Å². The minimum absolute atomic E-state index is 0.0312. The third-order valence-corrected chi connectivity index (χ3v) is 6.58. The van der Waals surface area contributed by atoms with E-state index in [9.17, 15) is 14.4 Å². The van der Waals surface area contributed by atoms with Crippen LogP contribution < -0.4 is 5.32 Å². The number of hydrogen-bond donors (Lipinski definition) is 1. The van der Waals surface area contributed by atoms with Crippen LogP contribution in [0.15, 0.2) is 103 Å². The van der Waals surface area contributed by atoms with Gasteiger partial charge in [-0.25, -0.2) is 0 Å². The average Bonchev–Trinajstić information content (AvgIpc) is 3.30. The molecular formula is C30H26N2O3. The van der Waals surface area contributed by atoms with Gasteiger partial charge in [-0.1, -0.05) is 103 Å². The largest absolute Gasteiger partial charge is 0.350 e. The Kier molecular flexibility index (Phi) is 6.40. The fraction of sp³-hybridized carbons (Fsp3) is 0.167. The summed E-state index contributed by atoms with van der Waals surface area (Å²) in [6, 6.07) is 32.1. The standard InChI is InChI=1S/C30H26N2O3/c33-25-18-27(29(34)31-19-24-16-9-15-21-10-7-8-17-26(21)24)32(20-25)30(35)28(22-11-3-1-4-12-22)23-13-5-2-6-14-23/h1-17,27-28H,18-20H2,(H,31,34). The zero-order chi connectivity index (χ0) is 24.2. The molecular weight excluding hydrogens is 436 g/mol. The molecule has 0 radical (unpaired) electrons. The second kappa shape index (κ2) is 9.94. The fourth-order valence-corrected chi connectivity index (χ4v) is 4.84. The van der Waals surface area contributed by atoms with E-state index in [0.29, 0.717) is 6.54 Å².